The van der Waals surface area contributed by atoms with Crippen molar-refractivity contribution in [3.8, 4) is 0 Å². The molecule has 26 heavy (non-hydrogen) atoms. The highest BCUT2D eigenvalue weighted by molar-refractivity contribution is 5.97. The number of nitrogens with zero attached hydrogens (tertiary/aromatic N) is 3. The summed E-state index contributed by atoms with van der Waals surface area (Å²) >= 11 is 0. The van der Waals surface area contributed by atoms with E-state index in [4.69, 9.17) is 0 Å². The van der Waals surface area contributed by atoms with Gasteiger partial charge in [-0.1, -0.05) is 29.8 Å². The molecule has 2 aromatic rings. The zero-order valence-electron chi connectivity index (χ0n) is 14.8. The van der Waals surface area contributed by atoms with Gasteiger partial charge in [-0.3, -0.25) is 14.5 Å². The van der Waals surface area contributed by atoms with Crippen LogP contribution in [-0.2, 0) is 22.6 Å². The van der Waals surface area contributed by atoms with Crippen LogP contribution in [0.1, 0.15) is 16.8 Å². The SMILES string of the molecule is Cc1cccc(CN2CCN3C(=O)[C@H](Cc4cnc[nH]4)NC(=O)[C@H]3C2)c1. The Balaban J connectivity index is 1.42. The molecule has 4 rings (SSSR count). The Kier molecular flexibility index (Phi) is 4.46. The first-order valence-corrected chi connectivity index (χ1v) is 8.96. The monoisotopic (exact) mass is 353 g/mol. The molecule has 2 atom stereocenters. The molecular weight excluding hydrogens is 330 g/mol. The molecule has 2 aliphatic rings. The lowest BCUT2D eigenvalue weighted by Crippen LogP contribution is -2.69. The second-order valence-corrected chi connectivity index (χ2v) is 7.11. The summed E-state index contributed by atoms with van der Waals surface area (Å²) in [5.41, 5.74) is 3.31. The number of aromatic amines is 1. The van der Waals surface area contributed by atoms with E-state index in [1.54, 1.807) is 17.4 Å². The number of nitrogens with one attached hydrogen (secondary N) is 2. The molecule has 0 bridgehead atoms. The topological polar surface area (TPSA) is 81.3 Å². The normalized spacial score (nSPS) is 23.7. The van der Waals surface area contributed by atoms with Crippen molar-refractivity contribution >= 4 is 11.8 Å². The maximum Gasteiger partial charge on any atom is 0.246 e. The molecule has 3 heterocycles. The first-order valence-electron chi connectivity index (χ1n) is 8.96. The van der Waals surface area contributed by atoms with Crippen molar-refractivity contribution in [3.05, 3.63) is 53.6 Å². The maximum atomic E-state index is 12.8. The van der Waals surface area contributed by atoms with E-state index in [1.165, 1.54) is 11.1 Å². The number of aryl methyl sites for hydroxylation is 1. The van der Waals surface area contributed by atoms with Gasteiger partial charge in [-0.15, -0.1) is 0 Å². The minimum absolute atomic E-state index is 0.000550. The van der Waals surface area contributed by atoms with Crippen LogP contribution in [0.25, 0.3) is 0 Å². The van der Waals surface area contributed by atoms with Crippen LogP contribution in [0.5, 0.6) is 0 Å². The van der Waals surface area contributed by atoms with Crippen LogP contribution in [-0.4, -0.2) is 63.3 Å². The lowest BCUT2D eigenvalue weighted by molar-refractivity contribution is -0.153. The number of amides is 2. The van der Waals surface area contributed by atoms with Gasteiger partial charge in [-0.2, -0.15) is 0 Å². The number of piperazine rings is 2. The number of benzene rings is 1. The summed E-state index contributed by atoms with van der Waals surface area (Å²) in [6, 6.07) is 7.48. The molecule has 7 heteroatoms. The molecule has 7 nitrogen and oxygen atoms in total. The van der Waals surface area contributed by atoms with E-state index < -0.39 is 12.1 Å². The second-order valence-electron chi connectivity index (χ2n) is 7.11. The van der Waals surface area contributed by atoms with Gasteiger partial charge in [0.05, 0.1) is 6.33 Å². The van der Waals surface area contributed by atoms with Gasteiger partial charge in [0.25, 0.3) is 0 Å². The molecule has 0 saturated carbocycles. The van der Waals surface area contributed by atoms with E-state index >= 15 is 0 Å². The summed E-state index contributed by atoms with van der Waals surface area (Å²) in [4.78, 5) is 36.4. The van der Waals surface area contributed by atoms with Crippen LogP contribution >= 0.6 is 0 Å². The summed E-state index contributed by atoms with van der Waals surface area (Å²) < 4.78 is 0. The lowest BCUT2D eigenvalue weighted by Gasteiger charge is -2.45. The van der Waals surface area contributed by atoms with Gasteiger partial charge in [0, 0.05) is 44.5 Å². The molecule has 2 amide bonds. The van der Waals surface area contributed by atoms with Gasteiger partial charge < -0.3 is 15.2 Å². The van der Waals surface area contributed by atoms with Crippen LogP contribution in [0.2, 0.25) is 0 Å². The number of hydrogen-bond acceptors (Lipinski definition) is 4. The molecule has 0 radical (unpaired) electrons. The number of aromatic nitrogens is 2. The van der Waals surface area contributed by atoms with Gasteiger partial charge in [-0.05, 0) is 12.5 Å². The van der Waals surface area contributed by atoms with Crippen LogP contribution in [0.4, 0.5) is 0 Å². The highest BCUT2D eigenvalue weighted by Gasteiger charge is 2.43. The number of imidazole rings is 1. The standard InChI is InChI=1S/C19H23N5O2/c1-13-3-2-4-14(7-13)10-23-5-6-24-17(11-23)18(25)22-16(19(24)26)8-15-9-20-12-21-15/h2-4,7,9,12,16-17H,5-6,8,10-11H2,1H3,(H,20,21)(H,22,25)/t16-,17+/m0/s1. The minimum atomic E-state index is -0.512. The summed E-state index contributed by atoms with van der Waals surface area (Å²) in [7, 11) is 0. The predicted octanol–water partition coefficient (Wildman–Crippen LogP) is 0.472. The molecule has 0 aliphatic carbocycles. The average molecular weight is 353 g/mol. The van der Waals surface area contributed by atoms with Crippen molar-refractivity contribution in [3.63, 3.8) is 0 Å². The van der Waals surface area contributed by atoms with E-state index in [1.807, 2.05) is 0 Å². The molecule has 1 aromatic carbocycles. The Morgan fingerprint density at radius 1 is 1.27 bits per heavy atom. The number of hydrogen-bond donors (Lipinski definition) is 2. The van der Waals surface area contributed by atoms with E-state index in [0.717, 1.165) is 18.8 Å². The first kappa shape index (κ1) is 16.8. The highest BCUT2D eigenvalue weighted by Crippen LogP contribution is 2.19. The molecule has 2 saturated heterocycles. The van der Waals surface area contributed by atoms with E-state index in [2.05, 4.69) is 51.4 Å². The molecule has 136 valence electrons. The Morgan fingerprint density at radius 3 is 2.92 bits per heavy atom. The second kappa shape index (κ2) is 6.92. The van der Waals surface area contributed by atoms with E-state index in [0.29, 0.717) is 19.5 Å². The zero-order valence-corrected chi connectivity index (χ0v) is 14.8. The van der Waals surface area contributed by atoms with E-state index in [-0.39, 0.29) is 11.8 Å². The first-order chi connectivity index (χ1) is 12.6. The minimum Gasteiger partial charge on any atom is -0.348 e. The number of fused-ring (bicyclic) bond motifs is 1. The third kappa shape index (κ3) is 3.35. The van der Waals surface area contributed by atoms with Crippen molar-refractivity contribution in [2.24, 2.45) is 0 Å². The van der Waals surface area contributed by atoms with Gasteiger partial charge >= 0.3 is 0 Å². The lowest BCUT2D eigenvalue weighted by atomic mass is 10.0. The smallest absolute Gasteiger partial charge is 0.246 e. The van der Waals surface area contributed by atoms with Gasteiger partial charge in [0.1, 0.15) is 12.1 Å². The molecule has 0 unspecified atom stereocenters. The van der Waals surface area contributed by atoms with Crippen molar-refractivity contribution < 1.29 is 9.59 Å². The quantitative estimate of drug-likeness (QED) is 0.837. The van der Waals surface area contributed by atoms with Crippen molar-refractivity contribution in [2.75, 3.05) is 19.6 Å². The van der Waals surface area contributed by atoms with Crippen LogP contribution in [0.3, 0.4) is 0 Å². The molecule has 2 N–H and O–H groups in total. The van der Waals surface area contributed by atoms with Crippen molar-refractivity contribution in [1.29, 1.82) is 0 Å². The Morgan fingerprint density at radius 2 is 2.15 bits per heavy atom. The van der Waals surface area contributed by atoms with Crippen LogP contribution < -0.4 is 5.32 Å². The van der Waals surface area contributed by atoms with Crippen LogP contribution in [0.15, 0.2) is 36.8 Å². The Bertz CT molecular complexity index is 804. The molecule has 2 aliphatic heterocycles. The molecule has 0 spiro atoms. The van der Waals surface area contributed by atoms with E-state index in [9.17, 15) is 9.59 Å². The third-order valence-electron chi connectivity index (χ3n) is 5.13. The van der Waals surface area contributed by atoms with Gasteiger partial charge in [0.2, 0.25) is 11.8 Å². The van der Waals surface area contributed by atoms with Crippen LogP contribution in [0, 0.1) is 6.92 Å². The Hall–Kier alpha value is -2.67. The van der Waals surface area contributed by atoms with Crippen molar-refractivity contribution in [2.45, 2.75) is 32.0 Å². The molecular formula is C19H23N5O2. The number of H-pyrrole nitrogens is 1. The zero-order chi connectivity index (χ0) is 18.1. The molecule has 1 aromatic heterocycles. The van der Waals surface area contributed by atoms with Gasteiger partial charge in [0.15, 0.2) is 0 Å². The predicted molar refractivity (Wildman–Crippen MR) is 96.2 cm³/mol. The fourth-order valence-corrected chi connectivity index (χ4v) is 3.82. The average Bonchev–Trinajstić information content (AvgIpc) is 3.13. The summed E-state index contributed by atoms with van der Waals surface area (Å²) in [5.74, 6) is -0.0672. The Labute approximate surface area is 152 Å². The summed E-state index contributed by atoms with van der Waals surface area (Å²) in [6.45, 7) is 4.81. The fourth-order valence-electron chi connectivity index (χ4n) is 3.82. The largest absolute Gasteiger partial charge is 0.348 e. The third-order valence-corrected chi connectivity index (χ3v) is 5.13. The fraction of sp³-hybridized carbons (Fsp3) is 0.421. The highest BCUT2D eigenvalue weighted by atomic mass is 16.2. The summed E-state index contributed by atoms with van der Waals surface area (Å²) in [5, 5.41) is 2.89. The van der Waals surface area contributed by atoms with Crippen molar-refractivity contribution in [1.82, 2.24) is 25.1 Å². The number of rotatable bonds is 4. The molecule has 2 fully saturated rings. The number of carbonyl (C=O) groups excluding carboxylic acids is 2. The number of carbonyl (C=O) groups is 2. The summed E-state index contributed by atoms with van der Waals surface area (Å²) in [6.07, 6.45) is 3.71. The maximum absolute atomic E-state index is 12.8. The van der Waals surface area contributed by atoms with Gasteiger partial charge in [-0.25, -0.2) is 4.98 Å².